The topological polar surface area (TPSA) is 241 Å². The Morgan fingerprint density at radius 3 is 2.73 bits per heavy atom. The van der Waals surface area contributed by atoms with E-state index in [1.165, 1.54) is 19.2 Å². The van der Waals surface area contributed by atoms with Crippen LogP contribution in [0.5, 0.6) is 5.75 Å². The van der Waals surface area contributed by atoms with Gasteiger partial charge in [-0.2, -0.15) is 18.2 Å². The fraction of sp³-hybridized carbons (Fsp3) is 0.440. The number of aromatic nitrogens is 3. The molecule has 0 spiro atoms. The number of carboxylic acid groups (broad SMARTS) is 1. The van der Waals surface area contributed by atoms with Gasteiger partial charge in [-0.3, -0.25) is 14.1 Å². The van der Waals surface area contributed by atoms with Crippen LogP contribution in [0.25, 0.3) is 10.9 Å². The van der Waals surface area contributed by atoms with E-state index in [0.29, 0.717) is 16.9 Å². The average molecular weight is 668 g/mol. The third kappa shape index (κ3) is 6.68. The van der Waals surface area contributed by atoms with Crippen molar-refractivity contribution in [1.82, 2.24) is 25.4 Å². The van der Waals surface area contributed by atoms with Gasteiger partial charge in [-0.1, -0.05) is 5.16 Å². The number of hydrogen-bond donors (Lipinski definition) is 5. The fourth-order valence-corrected chi connectivity index (χ4v) is 6.05. The van der Waals surface area contributed by atoms with Gasteiger partial charge in [0.15, 0.2) is 16.9 Å². The average Bonchev–Trinajstić information content (AvgIpc) is 3.72. The summed E-state index contributed by atoms with van der Waals surface area (Å²) in [6, 6.07) is 4.33. The number of nitrogens with two attached hydrogens (primary N) is 1. The smallest absolute Gasteiger partial charge is 0.418 e. The number of carbonyl (C=O) groups is 3. The van der Waals surface area contributed by atoms with E-state index in [1.54, 1.807) is 12.1 Å². The zero-order valence-electron chi connectivity index (χ0n) is 24.2. The van der Waals surface area contributed by atoms with Crippen molar-refractivity contribution in [1.29, 1.82) is 0 Å². The number of β-lactam (4-membered cyclic amide) rings is 1. The van der Waals surface area contributed by atoms with Crippen molar-refractivity contribution < 1.29 is 51.0 Å². The van der Waals surface area contributed by atoms with Crippen LogP contribution in [0.2, 0.25) is 0 Å². The summed E-state index contributed by atoms with van der Waals surface area (Å²) in [6.45, 7) is 4.06. The van der Waals surface area contributed by atoms with E-state index in [2.05, 4.69) is 29.7 Å². The highest BCUT2D eigenvalue weighted by molar-refractivity contribution is 7.80. The van der Waals surface area contributed by atoms with Crippen molar-refractivity contribution in [3.8, 4) is 5.75 Å². The molecule has 0 saturated carbocycles. The van der Waals surface area contributed by atoms with Gasteiger partial charge in [-0.05, 0) is 32.0 Å². The number of hydroxylamine groups is 2. The molecule has 1 aromatic carbocycles. The lowest BCUT2D eigenvalue weighted by Gasteiger charge is -2.50. The number of thiazole rings is 1. The molecular formula is C25H31N8O10S2+. The molecule has 4 heterocycles. The molecule has 2 aliphatic heterocycles. The molecule has 5 rings (SSSR count). The van der Waals surface area contributed by atoms with E-state index in [9.17, 15) is 27.9 Å². The van der Waals surface area contributed by atoms with Crippen molar-refractivity contribution in [3.63, 3.8) is 0 Å². The first-order chi connectivity index (χ1) is 21.2. The van der Waals surface area contributed by atoms with Gasteiger partial charge < -0.3 is 31.0 Å². The molecule has 242 valence electrons. The molecule has 0 bridgehead atoms. The van der Waals surface area contributed by atoms with Gasteiger partial charge in [0.25, 0.3) is 17.9 Å². The van der Waals surface area contributed by atoms with E-state index in [0.717, 1.165) is 41.8 Å². The Balaban J connectivity index is 1.30. The molecule has 3 atom stereocenters. The Hall–Kier alpha value is -4.37. The van der Waals surface area contributed by atoms with Gasteiger partial charge in [-0.25, -0.2) is 9.78 Å². The molecule has 6 N–H and O–H groups in total. The van der Waals surface area contributed by atoms with Crippen molar-refractivity contribution in [2.45, 2.75) is 44.0 Å². The maximum absolute atomic E-state index is 13.2. The molecule has 20 heteroatoms. The second-order valence-electron chi connectivity index (χ2n) is 10.8. The number of carboxylic acids is 1. The van der Waals surface area contributed by atoms with Crippen LogP contribution < -0.4 is 25.8 Å². The first-order valence-electron chi connectivity index (χ1n) is 13.5. The van der Waals surface area contributed by atoms with Gasteiger partial charge in [0.2, 0.25) is 6.20 Å². The predicted molar refractivity (Wildman–Crippen MR) is 156 cm³/mol. The Bertz CT molecular complexity index is 1780. The Kier molecular flexibility index (Phi) is 8.68. The summed E-state index contributed by atoms with van der Waals surface area (Å²) in [4.78, 5) is 47.0. The van der Waals surface area contributed by atoms with Crippen LogP contribution >= 0.6 is 11.3 Å². The Morgan fingerprint density at radius 2 is 2.13 bits per heavy atom. The van der Waals surface area contributed by atoms with Crippen molar-refractivity contribution in [2.75, 3.05) is 25.4 Å². The number of hydrogen-bond acceptors (Lipinski definition) is 13. The molecule has 18 nitrogen and oxygen atoms in total. The van der Waals surface area contributed by atoms with Crippen LogP contribution in [0, 0.1) is 0 Å². The number of benzene rings is 1. The first kappa shape index (κ1) is 32.0. The van der Waals surface area contributed by atoms with Gasteiger partial charge in [0, 0.05) is 18.3 Å². The summed E-state index contributed by atoms with van der Waals surface area (Å²) in [5.41, 5.74) is 4.66. The van der Waals surface area contributed by atoms with Gasteiger partial charge in [0.1, 0.15) is 29.6 Å². The molecule has 2 aromatic heterocycles. The summed E-state index contributed by atoms with van der Waals surface area (Å²) in [6.07, 6.45) is 1.34. The Labute approximate surface area is 260 Å². The molecule has 2 amide bonds. The second-order valence-corrected chi connectivity index (χ2v) is 12.7. The number of nitrogen functional groups attached to an aromatic ring is 1. The van der Waals surface area contributed by atoms with Crippen LogP contribution in [0.1, 0.15) is 32.0 Å². The molecule has 45 heavy (non-hydrogen) atoms. The quantitative estimate of drug-likeness (QED) is 0.0520. The summed E-state index contributed by atoms with van der Waals surface area (Å²) in [5, 5.41) is 21.9. The summed E-state index contributed by atoms with van der Waals surface area (Å²) in [7, 11) is -3.05. The monoisotopic (exact) mass is 667 g/mol. The number of ether oxygens (including phenoxy) is 1. The molecule has 2 aliphatic rings. The van der Waals surface area contributed by atoms with E-state index in [-0.39, 0.29) is 10.8 Å². The lowest BCUT2D eigenvalue weighted by Crippen LogP contribution is -2.76. The van der Waals surface area contributed by atoms with Crippen molar-refractivity contribution in [3.05, 3.63) is 35.5 Å². The summed E-state index contributed by atoms with van der Waals surface area (Å²) < 4.78 is 45.3. The van der Waals surface area contributed by atoms with E-state index < -0.39 is 58.2 Å². The van der Waals surface area contributed by atoms with Crippen molar-refractivity contribution in [2.24, 2.45) is 12.2 Å². The zero-order chi connectivity index (χ0) is 32.7. The van der Waals surface area contributed by atoms with E-state index >= 15 is 0 Å². The fourth-order valence-electron chi connectivity index (χ4n) is 5.04. The number of aryl methyl sites for hydroxylation is 1. The maximum Gasteiger partial charge on any atom is 0.418 e. The molecular weight excluding hydrogens is 636 g/mol. The lowest BCUT2D eigenvalue weighted by atomic mass is 9.84. The lowest BCUT2D eigenvalue weighted by molar-refractivity contribution is -0.790. The molecule has 2 saturated heterocycles. The number of oxime groups is 1. The number of aliphatic carboxylic acids is 1. The summed E-state index contributed by atoms with van der Waals surface area (Å²) in [5.74, 6) is -3.04. The van der Waals surface area contributed by atoms with E-state index in [1.807, 2.05) is 24.0 Å². The third-order valence-electron chi connectivity index (χ3n) is 7.42. The number of fused-ring (bicyclic) bond motifs is 1. The highest BCUT2D eigenvalue weighted by Crippen LogP contribution is 2.33. The van der Waals surface area contributed by atoms with Crippen LogP contribution in [0.4, 0.5) is 5.13 Å². The van der Waals surface area contributed by atoms with Crippen LogP contribution in [-0.4, -0.2) is 93.7 Å². The van der Waals surface area contributed by atoms with Crippen LogP contribution in [-0.2, 0) is 41.0 Å². The summed E-state index contributed by atoms with van der Waals surface area (Å²) >= 11 is 0.968. The second kappa shape index (κ2) is 12.2. The number of nitrogens with one attached hydrogen (secondary N) is 2. The minimum absolute atomic E-state index is 0.0678. The van der Waals surface area contributed by atoms with Gasteiger partial charge >= 0.3 is 16.4 Å². The molecule has 0 radical (unpaired) electrons. The molecule has 0 unspecified atom stereocenters. The number of nitrogens with zero attached hydrogens (tertiary/aromatic N) is 5. The number of rotatable bonds is 12. The highest BCUT2D eigenvalue weighted by Gasteiger charge is 2.58. The largest absolute Gasteiger partial charge is 0.489 e. The number of carbonyl (C=O) groups excluding carboxylic acids is 2. The zero-order valence-corrected chi connectivity index (χ0v) is 25.9. The first-order valence-corrected chi connectivity index (χ1v) is 15.7. The van der Waals surface area contributed by atoms with Crippen molar-refractivity contribution >= 4 is 61.3 Å². The third-order valence-corrected chi connectivity index (χ3v) is 8.43. The number of anilines is 1. The normalized spacial score (nSPS) is 20.6. The minimum atomic E-state index is -5.01. The van der Waals surface area contributed by atoms with Gasteiger partial charge in [0.05, 0.1) is 24.5 Å². The molecule has 2 fully saturated rings. The highest BCUT2D eigenvalue weighted by atomic mass is 32.3. The van der Waals surface area contributed by atoms with E-state index in [4.69, 9.17) is 19.9 Å². The minimum Gasteiger partial charge on any atom is -0.489 e. The van der Waals surface area contributed by atoms with Gasteiger partial charge in [-0.15, -0.1) is 20.3 Å². The SMILES string of the molecule is Cn1c2ccc(OC[C@H](O/N=C(\C(=O)N[C@@H]3C(=O)N(OS(=O)(=O)O)C3(C)C)c3csc(N)n3)C(=O)O)cc2c[n+]1[C@@H]1CCNC1. The van der Waals surface area contributed by atoms with Crippen LogP contribution in [0.15, 0.2) is 34.9 Å². The number of amides is 2. The van der Waals surface area contributed by atoms with Crippen LogP contribution in [0.3, 0.4) is 0 Å². The maximum atomic E-state index is 13.2. The molecule has 3 aromatic rings. The Morgan fingerprint density at radius 1 is 1.38 bits per heavy atom. The molecule has 0 aliphatic carbocycles. The predicted octanol–water partition coefficient (Wildman–Crippen LogP) is -0.868. The standard InChI is InChI=1S/C25H30N8O10S2/c1-25(2)20(22(35)33(25)43-45(38,39)40)29-21(34)19(16-12-44-24(26)28-16)30-42-18(23(36)37)11-41-15-4-5-17-13(8-15)10-32(31(17)3)14-6-7-27-9-14/h4-5,8,10,12,14,18,20,27H,6-7,9,11H2,1-3H3,(H4-,26,28,29,34,36,37,38,39,40)/p+1/b30-19-/t14-,18+,20-/m1/s1.